The molecule has 2 amide bonds. The van der Waals surface area contributed by atoms with Crippen molar-refractivity contribution in [3.8, 4) is 0 Å². The Morgan fingerprint density at radius 3 is 2.54 bits per heavy atom. The topological polar surface area (TPSA) is 239 Å². The number of β-lactam (4-membered cyclic amide) rings is 1. The van der Waals surface area contributed by atoms with Crippen LogP contribution in [0.15, 0.2) is 34.5 Å². The van der Waals surface area contributed by atoms with E-state index in [-0.39, 0.29) is 22.2 Å². The normalized spacial score (nSPS) is 19.5. The number of allylic oxidation sites excluding steroid dienone is 1. The van der Waals surface area contributed by atoms with Gasteiger partial charge < -0.3 is 26.1 Å². The molecular formula is C17H19N5O10S3. The summed E-state index contributed by atoms with van der Waals surface area (Å²) in [4.78, 5) is 57.1. The summed E-state index contributed by atoms with van der Waals surface area (Å²) >= 11 is 2.30. The van der Waals surface area contributed by atoms with Crippen LogP contribution >= 0.6 is 23.1 Å². The van der Waals surface area contributed by atoms with Gasteiger partial charge in [0.05, 0.1) is 6.26 Å². The maximum Gasteiger partial charge on any atom is 0.352 e. The Labute approximate surface area is 206 Å². The standard InChI is InChI=1S/C16H15N5O7S2.CH4O3S/c1-2-6-4-29-14-10(13(25)21(14)11(6)15(26)27)19-12(24)9(20-28-3-8(22)23)7-5-30-16(17)18-7;1-5(2,3)4/h2,5,10,14H,1,3-4H2,(H2,17,18)(H,19,24)(H,22,23)(H,26,27);1H3,(H,2,3,4)/b20-9-;. The first-order chi connectivity index (χ1) is 16.2. The number of carbonyl (C=O) groups excluding carboxylic acids is 2. The van der Waals surface area contributed by atoms with Gasteiger partial charge >= 0.3 is 11.9 Å². The minimum atomic E-state index is -3.67. The summed E-state index contributed by atoms with van der Waals surface area (Å²) in [6, 6.07) is -1.01. The molecule has 0 saturated carbocycles. The SMILES string of the molecule is C=CC1=C(C(=O)O)N2C(=O)C(NC(=O)/C(=N\OCC(=O)O)c3csc(N)n3)C2SC1.CS(=O)(=O)O. The van der Waals surface area contributed by atoms with Crippen molar-refractivity contribution < 1.29 is 47.2 Å². The van der Waals surface area contributed by atoms with E-state index in [4.69, 9.17) is 15.4 Å². The molecule has 1 saturated heterocycles. The van der Waals surface area contributed by atoms with Crippen LogP contribution in [0.4, 0.5) is 5.13 Å². The number of oxime groups is 1. The molecule has 1 fully saturated rings. The number of carbonyl (C=O) groups is 4. The van der Waals surface area contributed by atoms with Crippen molar-refractivity contribution in [3.05, 3.63) is 35.0 Å². The van der Waals surface area contributed by atoms with Gasteiger partial charge in [-0.05, 0) is 5.57 Å². The highest BCUT2D eigenvalue weighted by Crippen LogP contribution is 2.40. The highest BCUT2D eigenvalue weighted by Gasteiger charge is 2.54. The lowest BCUT2D eigenvalue weighted by molar-refractivity contribution is -0.150. The maximum absolute atomic E-state index is 12.7. The summed E-state index contributed by atoms with van der Waals surface area (Å²) < 4.78 is 25.9. The molecule has 18 heteroatoms. The summed E-state index contributed by atoms with van der Waals surface area (Å²) in [5, 5.41) is 25.0. The average Bonchev–Trinajstić information content (AvgIpc) is 3.17. The molecule has 3 heterocycles. The lowest BCUT2D eigenvalue weighted by Crippen LogP contribution is -2.71. The van der Waals surface area contributed by atoms with E-state index in [0.717, 1.165) is 16.2 Å². The zero-order valence-corrected chi connectivity index (χ0v) is 20.2. The molecule has 190 valence electrons. The lowest BCUT2D eigenvalue weighted by Gasteiger charge is -2.49. The Hall–Kier alpha value is -3.48. The van der Waals surface area contributed by atoms with Crippen LogP contribution in [0.3, 0.4) is 0 Å². The second-order valence-corrected chi connectivity index (χ2v) is 10.1. The molecule has 0 aromatic carbocycles. The van der Waals surface area contributed by atoms with Gasteiger partial charge in [0.2, 0.25) is 6.61 Å². The van der Waals surface area contributed by atoms with Gasteiger partial charge in [-0.15, -0.1) is 23.1 Å². The first-order valence-electron chi connectivity index (χ1n) is 9.14. The van der Waals surface area contributed by atoms with Crippen molar-refractivity contribution in [2.24, 2.45) is 5.16 Å². The molecule has 3 rings (SSSR count). The molecular weight excluding hydrogens is 530 g/mol. The van der Waals surface area contributed by atoms with Crippen LogP contribution in [0.2, 0.25) is 0 Å². The van der Waals surface area contributed by atoms with E-state index in [2.05, 4.69) is 26.9 Å². The Balaban J connectivity index is 0.000000784. The van der Waals surface area contributed by atoms with Gasteiger partial charge in [-0.25, -0.2) is 14.6 Å². The molecule has 2 unspecified atom stereocenters. The Morgan fingerprint density at radius 1 is 1.43 bits per heavy atom. The number of thioether (sulfide) groups is 1. The molecule has 1 aromatic heterocycles. The number of thiazole rings is 1. The highest BCUT2D eigenvalue weighted by atomic mass is 32.2. The molecule has 2 atom stereocenters. The number of amides is 2. The molecule has 2 aliphatic heterocycles. The molecule has 1 aromatic rings. The van der Waals surface area contributed by atoms with Crippen molar-refractivity contribution in [2.45, 2.75) is 11.4 Å². The van der Waals surface area contributed by atoms with Crippen LogP contribution in [0.1, 0.15) is 5.69 Å². The van der Waals surface area contributed by atoms with Crippen LogP contribution < -0.4 is 11.1 Å². The molecule has 15 nitrogen and oxygen atoms in total. The van der Waals surface area contributed by atoms with Crippen molar-refractivity contribution in [3.63, 3.8) is 0 Å². The predicted molar refractivity (Wildman–Crippen MR) is 124 cm³/mol. The summed E-state index contributed by atoms with van der Waals surface area (Å²) in [6.45, 7) is 2.77. The first-order valence-corrected chi connectivity index (χ1v) is 12.9. The number of rotatable bonds is 8. The van der Waals surface area contributed by atoms with Crippen molar-refractivity contribution in [2.75, 3.05) is 24.3 Å². The van der Waals surface area contributed by atoms with Gasteiger partial charge in [-0.3, -0.25) is 19.0 Å². The van der Waals surface area contributed by atoms with E-state index in [1.165, 1.54) is 23.2 Å². The zero-order chi connectivity index (χ0) is 26.5. The zero-order valence-electron chi connectivity index (χ0n) is 17.8. The minimum Gasteiger partial charge on any atom is -0.479 e. The fourth-order valence-corrected chi connectivity index (χ4v) is 4.65. The summed E-state index contributed by atoms with van der Waals surface area (Å²) in [7, 11) is -3.67. The number of nitrogens with zero attached hydrogens (tertiary/aromatic N) is 3. The highest BCUT2D eigenvalue weighted by molar-refractivity contribution is 8.00. The Morgan fingerprint density at radius 2 is 2.06 bits per heavy atom. The number of nitrogens with two attached hydrogens (primary N) is 1. The van der Waals surface area contributed by atoms with E-state index in [9.17, 15) is 32.7 Å². The van der Waals surface area contributed by atoms with Gasteiger partial charge in [-0.2, -0.15) is 8.42 Å². The van der Waals surface area contributed by atoms with Gasteiger partial charge in [0.15, 0.2) is 10.8 Å². The number of carboxylic acid groups (broad SMARTS) is 2. The molecule has 0 bridgehead atoms. The second kappa shape index (κ2) is 11.3. The van der Waals surface area contributed by atoms with Crippen molar-refractivity contribution >= 4 is 67.8 Å². The minimum absolute atomic E-state index is 0.0420. The number of hydrogen-bond acceptors (Lipinski definition) is 12. The predicted octanol–water partition coefficient (Wildman–Crippen LogP) is -1.04. The van der Waals surface area contributed by atoms with E-state index in [0.29, 0.717) is 17.6 Å². The number of aromatic nitrogens is 1. The molecule has 0 radical (unpaired) electrons. The van der Waals surface area contributed by atoms with E-state index in [1.807, 2.05) is 0 Å². The number of nitrogens with one attached hydrogen (secondary N) is 1. The Kier molecular flexibility index (Phi) is 8.96. The van der Waals surface area contributed by atoms with Crippen LogP contribution in [-0.4, -0.2) is 92.6 Å². The van der Waals surface area contributed by atoms with E-state index < -0.39 is 51.9 Å². The van der Waals surface area contributed by atoms with Gasteiger partial charge in [-0.1, -0.05) is 17.8 Å². The molecule has 0 spiro atoms. The second-order valence-electron chi connectivity index (χ2n) is 6.66. The molecule has 35 heavy (non-hydrogen) atoms. The lowest BCUT2D eigenvalue weighted by atomic mass is 10.0. The fraction of sp³-hybridized carbons (Fsp3) is 0.294. The molecule has 0 aliphatic carbocycles. The van der Waals surface area contributed by atoms with Gasteiger partial charge in [0, 0.05) is 11.1 Å². The number of carboxylic acids is 2. The van der Waals surface area contributed by atoms with E-state index in [1.54, 1.807) is 0 Å². The fourth-order valence-electron chi connectivity index (χ4n) is 2.76. The summed E-state index contributed by atoms with van der Waals surface area (Å²) in [5.41, 5.74) is 5.48. The average molecular weight is 550 g/mol. The summed E-state index contributed by atoms with van der Waals surface area (Å²) in [6.07, 6.45) is 2.09. The smallest absolute Gasteiger partial charge is 0.352 e. The monoisotopic (exact) mass is 549 g/mol. The van der Waals surface area contributed by atoms with Crippen LogP contribution in [0.5, 0.6) is 0 Å². The third-order valence-electron chi connectivity index (χ3n) is 4.06. The molecule has 2 aliphatic rings. The number of anilines is 1. The van der Waals surface area contributed by atoms with Crippen LogP contribution in [0.25, 0.3) is 0 Å². The number of nitrogen functional groups attached to an aromatic ring is 1. The number of fused-ring (bicyclic) bond motifs is 1. The van der Waals surface area contributed by atoms with Crippen molar-refractivity contribution in [1.29, 1.82) is 0 Å². The maximum atomic E-state index is 12.7. The Bertz CT molecular complexity index is 1210. The van der Waals surface area contributed by atoms with Crippen LogP contribution in [-0.2, 0) is 34.1 Å². The quantitative estimate of drug-likeness (QED) is 0.113. The molecule has 6 N–H and O–H groups in total. The largest absolute Gasteiger partial charge is 0.479 e. The summed E-state index contributed by atoms with van der Waals surface area (Å²) in [5.74, 6) is -3.72. The third kappa shape index (κ3) is 7.25. The van der Waals surface area contributed by atoms with Gasteiger partial charge in [0.1, 0.15) is 22.8 Å². The van der Waals surface area contributed by atoms with Crippen LogP contribution in [0, 0.1) is 0 Å². The third-order valence-corrected chi connectivity index (χ3v) is 6.03. The number of aliphatic carboxylic acids is 2. The van der Waals surface area contributed by atoms with Gasteiger partial charge in [0.25, 0.3) is 21.9 Å². The first kappa shape index (κ1) is 27.8. The number of hydrogen-bond donors (Lipinski definition) is 5. The van der Waals surface area contributed by atoms with E-state index >= 15 is 0 Å². The van der Waals surface area contributed by atoms with Crippen molar-refractivity contribution in [1.82, 2.24) is 15.2 Å².